The van der Waals surface area contributed by atoms with Crippen LogP contribution < -0.4 is 0 Å². The van der Waals surface area contributed by atoms with E-state index < -0.39 is 0 Å². The molecule has 4 rings (SSSR count). The molecule has 1 saturated carbocycles. The van der Waals surface area contributed by atoms with E-state index in [9.17, 15) is 0 Å². The van der Waals surface area contributed by atoms with Gasteiger partial charge in [-0.1, -0.05) is 30.7 Å². The van der Waals surface area contributed by atoms with Gasteiger partial charge in [-0.05, 0) is 42.9 Å². The summed E-state index contributed by atoms with van der Waals surface area (Å²) in [5.74, 6) is 2.63. The summed E-state index contributed by atoms with van der Waals surface area (Å²) < 4.78 is 11.7. The van der Waals surface area contributed by atoms with Gasteiger partial charge in [0, 0.05) is 24.2 Å². The second-order valence-electron chi connectivity index (χ2n) is 6.47. The molecule has 2 aliphatic rings. The SMILES string of the molecule is C[C@@H]1C[C@H]1c1nnc(C2(c3ccc(Cl)cc3)CCOCC2)o1. The quantitative estimate of drug-likeness (QED) is 0.860. The first kappa shape index (κ1) is 14.2. The second-order valence-corrected chi connectivity index (χ2v) is 6.90. The van der Waals surface area contributed by atoms with Crippen molar-refractivity contribution in [1.82, 2.24) is 10.2 Å². The molecular formula is C17H19ClN2O2. The summed E-state index contributed by atoms with van der Waals surface area (Å²) in [4.78, 5) is 0. The van der Waals surface area contributed by atoms with E-state index in [2.05, 4.69) is 29.3 Å². The predicted octanol–water partition coefficient (Wildman–Crippen LogP) is 3.94. The van der Waals surface area contributed by atoms with E-state index in [4.69, 9.17) is 20.8 Å². The molecule has 0 N–H and O–H groups in total. The van der Waals surface area contributed by atoms with Gasteiger partial charge in [-0.25, -0.2) is 0 Å². The average Bonchev–Trinajstić information content (AvgIpc) is 3.08. The summed E-state index contributed by atoms with van der Waals surface area (Å²) in [6, 6.07) is 7.98. The standard InChI is InChI=1S/C17H19ClN2O2/c1-11-10-14(11)15-19-20-16(22-15)17(6-8-21-9-7-17)12-2-4-13(18)5-3-12/h2-5,11,14H,6-10H2,1H3/t11-,14-/m1/s1. The highest BCUT2D eigenvalue weighted by Crippen LogP contribution is 2.48. The van der Waals surface area contributed by atoms with Crippen LogP contribution in [0.2, 0.25) is 5.02 Å². The number of benzene rings is 1. The van der Waals surface area contributed by atoms with Crippen molar-refractivity contribution in [2.24, 2.45) is 5.92 Å². The highest BCUT2D eigenvalue weighted by atomic mass is 35.5. The molecule has 0 radical (unpaired) electrons. The maximum absolute atomic E-state index is 6.09. The van der Waals surface area contributed by atoms with Crippen molar-refractivity contribution in [3.05, 3.63) is 46.6 Å². The first-order chi connectivity index (χ1) is 10.7. The molecule has 0 spiro atoms. The summed E-state index contributed by atoms with van der Waals surface area (Å²) >= 11 is 6.04. The fourth-order valence-corrected chi connectivity index (χ4v) is 3.48. The molecular weight excluding hydrogens is 300 g/mol. The fourth-order valence-electron chi connectivity index (χ4n) is 3.36. The van der Waals surface area contributed by atoms with Crippen LogP contribution >= 0.6 is 11.6 Å². The molecule has 0 bridgehead atoms. The molecule has 0 amide bonds. The van der Waals surface area contributed by atoms with Crippen molar-refractivity contribution < 1.29 is 9.15 Å². The predicted molar refractivity (Wildman–Crippen MR) is 83.1 cm³/mol. The highest BCUT2D eigenvalue weighted by Gasteiger charge is 2.44. The maximum atomic E-state index is 6.09. The molecule has 2 heterocycles. The van der Waals surface area contributed by atoms with Gasteiger partial charge in [0.2, 0.25) is 11.8 Å². The molecule has 1 aromatic heterocycles. The molecule has 1 aliphatic heterocycles. The number of hydrogen-bond donors (Lipinski definition) is 0. The Bertz CT molecular complexity index is 662. The Labute approximate surface area is 134 Å². The van der Waals surface area contributed by atoms with E-state index in [1.807, 2.05) is 12.1 Å². The lowest BCUT2D eigenvalue weighted by atomic mass is 9.74. The Hall–Kier alpha value is -1.39. The Morgan fingerprint density at radius 1 is 1.14 bits per heavy atom. The number of aromatic nitrogens is 2. The summed E-state index contributed by atoms with van der Waals surface area (Å²) in [5, 5.41) is 9.45. The van der Waals surface area contributed by atoms with Gasteiger partial charge in [0.15, 0.2) is 0 Å². The molecule has 2 atom stereocenters. The first-order valence-corrected chi connectivity index (χ1v) is 8.24. The van der Waals surface area contributed by atoms with Crippen LogP contribution in [0.3, 0.4) is 0 Å². The molecule has 4 nitrogen and oxygen atoms in total. The average molecular weight is 319 g/mol. The van der Waals surface area contributed by atoms with E-state index >= 15 is 0 Å². The third-order valence-corrected chi connectivity index (χ3v) is 5.27. The third kappa shape index (κ3) is 2.34. The van der Waals surface area contributed by atoms with E-state index in [-0.39, 0.29) is 5.41 Å². The Balaban J connectivity index is 1.74. The zero-order valence-electron chi connectivity index (χ0n) is 12.6. The lowest BCUT2D eigenvalue weighted by molar-refractivity contribution is 0.0540. The van der Waals surface area contributed by atoms with E-state index in [0.29, 0.717) is 25.0 Å². The van der Waals surface area contributed by atoms with Gasteiger partial charge in [0.25, 0.3) is 0 Å². The molecule has 2 fully saturated rings. The number of nitrogens with zero attached hydrogens (tertiary/aromatic N) is 2. The van der Waals surface area contributed by atoms with Crippen molar-refractivity contribution in [3.63, 3.8) is 0 Å². The maximum Gasteiger partial charge on any atom is 0.227 e. The molecule has 0 unspecified atom stereocenters. The van der Waals surface area contributed by atoms with Crippen LogP contribution in [0, 0.1) is 5.92 Å². The van der Waals surface area contributed by atoms with Crippen LogP contribution in [-0.2, 0) is 10.2 Å². The monoisotopic (exact) mass is 318 g/mol. The number of ether oxygens (including phenoxy) is 1. The number of hydrogen-bond acceptors (Lipinski definition) is 4. The van der Waals surface area contributed by atoms with Crippen molar-refractivity contribution >= 4 is 11.6 Å². The van der Waals surface area contributed by atoms with Crippen LogP contribution in [0.15, 0.2) is 28.7 Å². The zero-order valence-corrected chi connectivity index (χ0v) is 13.3. The minimum atomic E-state index is -0.244. The number of rotatable bonds is 3. The smallest absolute Gasteiger partial charge is 0.227 e. The minimum Gasteiger partial charge on any atom is -0.424 e. The Morgan fingerprint density at radius 3 is 2.45 bits per heavy atom. The largest absolute Gasteiger partial charge is 0.424 e. The topological polar surface area (TPSA) is 48.2 Å². The van der Waals surface area contributed by atoms with Gasteiger partial charge >= 0.3 is 0 Å². The summed E-state index contributed by atoms with van der Waals surface area (Å²) in [7, 11) is 0. The van der Waals surface area contributed by atoms with E-state index in [1.165, 1.54) is 5.56 Å². The highest BCUT2D eigenvalue weighted by molar-refractivity contribution is 6.30. The summed E-state index contributed by atoms with van der Waals surface area (Å²) in [5.41, 5.74) is 0.936. The second kappa shape index (κ2) is 5.36. The van der Waals surface area contributed by atoms with Crippen LogP contribution in [-0.4, -0.2) is 23.4 Å². The van der Waals surface area contributed by atoms with Gasteiger partial charge in [0.05, 0.1) is 5.41 Å². The molecule has 5 heteroatoms. The summed E-state index contributed by atoms with van der Waals surface area (Å²) in [6.07, 6.45) is 2.87. The normalized spacial score (nSPS) is 26.8. The van der Waals surface area contributed by atoms with Gasteiger partial charge in [0.1, 0.15) is 0 Å². The van der Waals surface area contributed by atoms with Crippen molar-refractivity contribution in [3.8, 4) is 0 Å². The Morgan fingerprint density at radius 2 is 1.82 bits per heavy atom. The van der Waals surface area contributed by atoms with Crippen molar-refractivity contribution in [2.75, 3.05) is 13.2 Å². The summed E-state index contributed by atoms with van der Waals surface area (Å²) in [6.45, 7) is 3.64. The van der Waals surface area contributed by atoms with Gasteiger partial charge in [-0.15, -0.1) is 10.2 Å². The molecule has 2 aromatic rings. The number of halogens is 1. The van der Waals surface area contributed by atoms with Crippen LogP contribution in [0.5, 0.6) is 0 Å². The van der Waals surface area contributed by atoms with Gasteiger partial charge in [-0.2, -0.15) is 0 Å². The van der Waals surface area contributed by atoms with Crippen LogP contribution in [0.4, 0.5) is 0 Å². The lowest BCUT2D eigenvalue weighted by Gasteiger charge is -2.34. The van der Waals surface area contributed by atoms with Crippen molar-refractivity contribution in [1.29, 1.82) is 0 Å². The van der Waals surface area contributed by atoms with Gasteiger partial charge in [-0.3, -0.25) is 0 Å². The Kier molecular flexibility index (Phi) is 3.46. The minimum absolute atomic E-state index is 0.244. The molecule has 22 heavy (non-hydrogen) atoms. The third-order valence-electron chi connectivity index (χ3n) is 5.02. The van der Waals surface area contributed by atoms with E-state index in [1.54, 1.807) is 0 Å². The van der Waals surface area contributed by atoms with Crippen LogP contribution in [0.1, 0.15) is 49.4 Å². The molecule has 116 valence electrons. The first-order valence-electron chi connectivity index (χ1n) is 7.87. The lowest BCUT2D eigenvalue weighted by Crippen LogP contribution is -2.35. The van der Waals surface area contributed by atoms with Gasteiger partial charge < -0.3 is 9.15 Å². The fraction of sp³-hybridized carbons (Fsp3) is 0.529. The molecule has 1 aromatic carbocycles. The molecule has 1 saturated heterocycles. The molecule has 1 aliphatic carbocycles. The van der Waals surface area contributed by atoms with E-state index in [0.717, 1.165) is 36.1 Å². The zero-order chi connectivity index (χ0) is 15.2. The van der Waals surface area contributed by atoms with Crippen LogP contribution in [0.25, 0.3) is 0 Å². The van der Waals surface area contributed by atoms with Crippen molar-refractivity contribution in [2.45, 2.75) is 37.5 Å².